The third-order valence-electron chi connectivity index (χ3n) is 2.20. The van der Waals surface area contributed by atoms with Gasteiger partial charge in [0.2, 0.25) is 5.91 Å². The molecule has 0 aliphatic rings. The molecular formula is C14H17NOS. The van der Waals surface area contributed by atoms with Crippen LogP contribution in [0.4, 0.5) is 0 Å². The third-order valence-corrected chi connectivity index (χ3v) is 3.03. The summed E-state index contributed by atoms with van der Waals surface area (Å²) >= 11 is 1.69. The molecule has 1 N–H and O–H groups in total. The smallest absolute Gasteiger partial charge is 0.244 e. The first-order valence-corrected chi connectivity index (χ1v) is 6.69. The molecule has 0 spiro atoms. The van der Waals surface area contributed by atoms with E-state index in [-0.39, 0.29) is 5.91 Å². The van der Waals surface area contributed by atoms with Crippen LogP contribution in [0.2, 0.25) is 0 Å². The normalized spacial score (nSPS) is 11.2. The Morgan fingerprint density at radius 3 is 2.82 bits per heavy atom. The highest BCUT2D eigenvalue weighted by Gasteiger charge is 2.01. The zero-order valence-corrected chi connectivity index (χ0v) is 11.0. The molecule has 0 aliphatic carbocycles. The summed E-state index contributed by atoms with van der Waals surface area (Å²) in [4.78, 5) is 12.7. The molecule has 1 aromatic carbocycles. The number of rotatable bonds is 5. The lowest BCUT2D eigenvalue weighted by Crippen LogP contribution is -2.20. The van der Waals surface area contributed by atoms with Crippen LogP contribution in [0.1, 0.15) is 12.5 Å². The number of hydrogen-bond acceptors (Lipinski definition) is 2. The van der Waals surface area contributed by atoms with Gasteiger partial charge in [0, 0.05) is 17.5 Å². The molecule has 0 bridgehead atoms. The van der Waals surface area contributed by atoms with Crippen molar-refractivity contribution in [3.05, 3.63) is 54.1 Å². The first kappa shape index (κ1) is 13.6. The summed E-state index contributed by atoms with van der Waals surface area (Å²) < 4.78 is 0. The minimum atomic E-state index is -0.0704. The molecule has 17 heavy (non-hydrogen) atoms. The van der Waals surface area contributed by atoms with Crippen molar-refractivity contribution in [2.24, 2.45) is 0 Å². The SMILES string of the molecule is C/C=C/C=C/C(=O)NCc1ccccc1SC. The van der Waals surface area contributed by atoms with E-state index in [2.05, 4.69) is 11.4 Å². The fourth-order valence-electron chi connectivity index (χ4n) is 1.34. The standard InChI is InChI=1S/C14H17NOS/c1-3-4-5-10-14(16)15-11-12-8-6-7-9-13(12)17-2/h3-10H,11H2,1-2H3,(H,15,16)/b4-3+,10-5+. The number of nitrogens with one attached hydrogen (secondary N) is 1. The molecule has 2 nitrogen and oxygen atoms in total. The van der Waals surface area contributed by atoms with Crippen LogP contribution in [0.25, 0.3) is 0 Å². The van der Waals surface area contributed by atoms with Crippen molar-refractivity contribution in [1.82, 2.24) is 5.32 Å². The van der Waals surface area contributed by atoms with Crippen molar-refractivity contribution in [2.45, 2.75) is 18.4 Å². The van der Waals surface area contributed by atoms with Crippen molar-refractivity contribution < 1.29 is 4.79 Å². The number of carbonyl (C=O) groups excluding carboxylic acids is 1. The van der Waals surface area contributed by atoms with Crippen molar-refractivity contribution in [3.63, 3.8) is 0 Å². The largest absolute Gasteiger partial charge is 0.348 e. The van der Waals surface area contributed by atoms with Crippen molar-refractivity contribution in [2.75, 3.05) is 6.26 Å². The van der Waals surface area contributed by atoms with Gasteiger partial charge in [0.05, 0.1) is 0 Å². The van der Waals surface area contributed by atoms with E-state index in [1.54, 1.807) is 17.8 Å². The van der Waals surface area contributed by atoms with Gasteiger partial charge in [0.15, 0.2) is 0 Å². The maximum absolute atomic E-state index is 11.5. The van der Waals surface area contributed by atoms with Crippen molar-refractivity contribution in [3.8, 4) is 0 Å². The van der Waals surface area contributed by atoms with Crippen molar-refractivity contribution >= 4 is 17.7 Å². The summed E-state index contributed by atoms with van der Waals surface area (Å²) in [7, 11) is 0. The van der Waals surface area contributed by atoms with E-state index in [4.69, 9.17) is 0 Å². The lowest BCUT2D eigenvalue weighted by atomic mass is 10.2. The third kappa shape index (κ3) is 4.91. The molecule has 0 saturated heterocycles. The molecule has 1 amide bonds. The fourth-order valence-corrected chi connectivity index (χ4v) is 1.96. The predicted octanol–water partition coefficient (Wildman–Crippen LogP) is 3.16. The summed E-state index contributed by atoms with van der Waals surface area (Å²) in [5, 5.41) is 2.86. The molecule has 0 atom stereocenters. The monoisotopic (exact) mass is 247 g/mol. The minimum absolute atomic E-state index is 0.0704. The Hall–Kier alpha value is -1.48. The zero-order chi connectivity index (χ0) is 12.5. The molecule has 1 aromatic rings. The van der Waals surface area contributed by atoms with Crippen LogP contribution in [0.5, 0.6) is 0 Å². The molecule has 0 heterocycles. The first-order chi connectivity index (χ1) is 8.27. The molecule has 0 saturated carbocycles. The number of carbonyl (C=O) groups is 1. The van der Waals surface area contributed by atoms with Gasteiger partial charge in [0.1, 0.15) is 0 Å². The van der Waals surface area contributed by atoms with Crippen LogP contribution < -0.4 is 5.32 Å². The van der Waals surface area contributed by atoms with Crippen LogP contribution in [-0.4, -0.2) is 12.2 Å². The highest BCUT2D eigenvalue weighted by Crippen LogP contribution is 2.19. The van der Waals surface area contributed by atoms with Crippen LogP contribution >= 0.6 is 11.8 Å². The number of thioether (sulfide) groups is 1. The van der Waals surface area contributed by atoms with Crippen LogP contribution in [-0.2, 0) is 11.3 Å². The highest BCUT2D eigenvalue weighted by molar-refractivity contribution is 7.98. The molecule has 0 radical (unpaired) electrons. The lowest BCUT2D eigenvalue weighted by Gasteiger charge is -2.07. The average Bonchev–Trinajstić information content (AvgIpc) is 2.37. The second kappa shape index (κ2) is 7.74. The van der Waals surface area contributed by atoms with Gasteiger partial charge in [-0.05, 0) is 24.8 Å². The van der Waals surface area contributed by atoms with E-state index >= 15 is 0 Å². The van der Waals surface area contributed by atoms with Gasteiger partial charge in [-0.2, -0.15) is 0 Å². The maximum atomic E-state index is 11.5. The van der Waals surface area contributed by atoms with Crippen LogP contribution in [0, 0.1) is 0 Å². The molecule has 0 unspecified atom stereocenters. The van der Waals surface area contributed by atoms with E-state index in [0.717, 1.165) is 5.56 Å². The molecule has 0 fully saturated rings. The van der Waals surface area contributed by atoms with E-state index in [0.29, 0.717) is 6.54 Å². The first-order valence-electron chi connectivity index (χ1n) is 5.47. The minimum Gasteiger partial charge on any atom is -0.348 e. The van der Waals surface area contributed by atoms with E-state index in [9.17, 15) is 4.79 Å². The van der Waals surface area contributed by atoms with Gasteiger partial charge in [-0.15, -0.1) is 11.8 Å². The Labute approximate surface area is 107 Å². The molecule has 0 aromatic heterocycles. The maximum Gasteiger partial charge on any atom is 0.244 e. The van der Waals surface area contributed by atoms with Crippen molar-refractivity contribution in [1.29, 1.82) is 0 Å². The second-order valence-corrected chi connectivity index (χ2v) is 4.26. The number of benzene rings is 1. The lowest BCUT2D eigenvalue weighted by molar-refractivity contribution is -0.116. The Balaban J connectivity index is 2.52. The highest BCUT2D eigenvalue weighted by atomic mass is 32.2. The summed E-state index contributed by atoms with van der Waals surface area (Å²) in [5.41, 5.74) is 1.15. The van der Waals surface area contributed by atoms with E-state index in [1.165, 1.54) is 11.0 Å². The van der Waals surface area contributed by atoms with E-state index < -0.39 is 0 Å². The Kier molecular flexibility index (Phi) is 6.18. The molecule has 90 valence electrons. The van der Waals surface area contributed by atoms with Gasteiger partial charge >= 0.3 is 0 Å². The zero-order valence-electron chi connectivity index (χ0n) is 10.1. The quantitative estimate of drug-likeness (QED) is 0.492. The summed E-state index contributed by atoms with van der Waals surface area (Å²) in [5.74, 6) is -0.0704. The molecule has 1 rings (SSSR count). The number of allylic oxidation sites excluding steroid dienone is 3. The number of amides is 1. The predicted molar refractivity (Wildman–Crippen MR) is 74.0 cm³/mol. The van der Waals surface area contributed by atoms with Gasteiger partial charge in [-0.25, -0.2) is 0 Å². The van der Waals surface area contributed by atoms with Gasteiger partial charge < -0.3 is 5.32 Å². The number of hydrogen-bond donors (Lipinski definition) is 1. The van der Waals surface area contributed by atoms with Crippen LogP contribution in [0.15, 0.2) is 53.5 Å². The molecule has 3 heteroatoms. The van der Waals surface area contributed by atoms with Crippen LogP contribution in [0.3, 0.4) is 0 Å². The van der Waals surface area contributed by atoms with Gasteiger partial charge in [-0.1, -0.05) is 36.4 Å². The Bertz CT molecular complexity index is 424. The van der Waals surface area contributed by atoms with Gasteiger partial charge in [-0.3, -0.25) is 4.79 Å². The van der Waals surface area contributed by atoms with Gasteiger partial charge in [0.25, 0.3) is 0 Å². The van der Waals surface area contributed by atoms with E-state index in [1.807, 2.05) is 43.5 Å². The summed E-state index contributed by atoms with van der Waals surface area (Å²) in [6.45, 7) is 2.48. The summed E-state index contributed by atoms with van der Waals surface area (Å²) in [6, 6.07) is 8.07. The Morgan fingerprint density at radius 1 is 1.35 bits per heavy atom. The molecular weight excluding hydrogens is 230 g/mol. The Morgan fingerprint density at radius 2 is 2.12 bits per heavy atom. The summed E-state index contributed by atoms with van der Waals surface area (Å²) in [6.07, 6.45) is 9.01. The molecule has 0 aliphatic heterocycles. The second-order valence-electron chi connectivity index (χ2n) is 3.41. The topological polar surface area (TPSA) is 29.1 Å². The fraction of sp³-hybridized carbons (Fsp3) is 0.214. The average molecular weight is 247 g/mol.